The van der Waals surface area contributed by atoms with Crippen LogP contribution in [0.3, 0.4) is 0 Å². The summed E-state index contributed by atoms with van der Waals surface area (Å²) in [5.74, 6) is 0.00211. The highest BCUT2D eigenvalue weighted by Crippen LogP contribution is 2.50. The molecule has 27 rings (SSSR count). The van der Waals surface area contributed by atoms with E-state index in [1.54, 1.807) is 37.2 Å². The van der Waals surface area contributed by atoms with Crippen molar-refractivity contribution in [2.75, 3.05) is 0 Å². The highest BCUT2D eigenvalue weighted by molar-refractivity contribution is 6.28. The fourth-order valence-electron chi connectivity index (χ4n) is 23.2. The zero-order valence-corrected chi connectivity index (χ0v) is 86.9. The normalized spacial score (nSPS) is 14.6. The molecule has 0 amide bonds. The summed E-state index contributed by atoms with van der Waals surface area (Å²) in [5.41, 5.74) is 27.6. The smallest absolute Gasteiger partial charge is 0.227 e. The second-order valence-corrected chi connectivity index (χ2v) is 41.7. The zero-order valence-electron chi connectivity index (χ0n) is 95.9. The van der Waals surface area contributed by atoms with Gasteiger partial charge in [0.05, 0.1) is 27.8 Å². The third-order valence-corrected chi connectivity index (χ3v) is 30.7. The van der Waals surface area contributed by atoms with Gasteiger partial charge in [0.1, 0.15) is 35.2 Å². The maximum absolute atomic E-state index is 9.05. The van der Waals surface area contributed by atoms with Crippen molar-refractivity contribution in [1.82, 2.24) is 24.9 Å². The first-order valence-electron chi connectivity index (χ1n) is 56.3. The van der Waals surface area contributed by atoms with Gasteiger partial charge in [-0.05, 0) is 261 Å². The molecule has 0 unspecified atom stereocenters. The Balaban J connectivity index is 0.000000106. The van der Waals surface area contributed by atoms with Crippen molar-refractivity contribution in [3.05, 3.63) is 360 Å². The Hall–Kier alpha value is -16.0. The number of hydrogen-bond donors (Lipinski definition) is 0. The van der Waals surface area contributed by atoms with Gasteiger partial charge in [-0.2, -0.15) is 0 Å². The van der Waals surface area contributed by atoms with Crippen molar-refractivity contribution in [3.8, 4) is 56.3 Å². The lowest BCUT2D eigenvalue weighted by molar-refractivity contribution is -0.661. The quantitative estimate of drug-likeness (QED) is 0.115. The van der Waals surface area contributed by atoms with Crippen LogP contribution >= 0.6 is 0 Å². The largest absolute Gasteiger partial charge is 0.437 e. The Morgan fingerprint density at radius 2 is 0.574 bits per heavy atom. The molecule has 15 heteroatoms. The lowest BCUT2D eigenvalue weighted by Gasteiger charge is -2.21. The molecule has 0 radical (unpaired) electrons. The van der Waals surface area contributed by atoms with Crippen LogP contribution in [-0.4, -0.2) is 24.9 Å². The van der Waals surface area contributed by atoms with Crippen LogP contribution in [0, 0.1) is 66.1 Å². The summed E-state index contributed by atoms with van der Waals surface area (Å²) in [6, 6.07) is 80.4. The van der Waals surface area contributed by atoms with Crippen LogP contribution in [0.25, 0.3) is 220 Å². The number of hydrogen-bond acceptors (Lipinski definition) is 10. The number of fused-ring (bicyclic) bond motifs is 25. The van der Waals surface area contributed by atoms with Crippen LogP contribution in [0.5, 0.6) is 0 Å². The lowest BCUT2D eigenvalue weighted by atomic mass is 9.84. The summed E-state index contributed by atoms with van der Waals surface area (Å²) in [7, 11) is 10.0. The molecule has 2 aliphatic carbocycles. The first-order valence-corrected chi connectivity index (χ1v) is 51.8. The molecule has 15 nitrogen and oxygen atoms in total. The van der Waals surface area contributed by atoms with Gasteiger partial charge in [0.2, 0.25) is 57.0 Å². The van der Waals surface area contributed by atoms with E-state index in [1.807, 2.05) is 180 Å². The molecule has 0 spiro atoms. The van der Waals surface area contributed by atoms with Gasteiger partial charge < -0.3 is 22.1 Å². The van der Waals surface area contributed by atoms with Crippen LogP contribution < -0.4 is 22.8 Å². The van der Waals surface area contributed by atoms with E-state index in [9.17, 15) is 0 Å². The van der Waals surface area contributed by atoms with Crippen molar-refractivity contribution in [2.24, 2.45) is 53.0 Å². The Labute approximate surface area is 875 Å². The average molecular weight is 1950 g/mol. The predicted molar refractivity (Wildman–Crippen MR) is 605 cm³/mol. The molecule has 2 fully saturated rings. The summed E-state index contributed by atoms with van der Waals surface area (Å²) in [5, 5.41) is 22.1. The van der Waals surface area contributed by atoms with Gasteiger partial charge in [-0.25, -0.2) is 47.8 Å². The van der Waals surface area contributed by atoms with Crippen molar-refractivity contribution in [1.29, 1.82) is 0 Å². The Morgan fingerprint density at radius 3 is 0.872 bits per heavy atom. The molecular formula is C133H127N10O5+5. The van der Waals surface area contributed by atoms with Crippen LogP contribution in [-0.2, 0) is 59.8 Å². The SMILES string of the molecule is Cc1c(-c2ccc(C(C)(C)C)c[n+]2C)c2oc3ncccc3c2c2ccccc12.[2H]C([2H])([2H])c1c[n+](C)c(-c2c(C)c3ccccc3c3c2oc2ncccc23)cc1C.[2H]C([2H])(c1cc[n+](C)c(-c2c(C)c3ccccc3c3c2oc2ncccc23)c1)C(C)C.[2H]C([2H])(c1cc[n+](C)c(-c2c(C)c3ccccc3c3c2oc2ncccc23)c1)C1CCCC1.[2H]C([2H])(c1cc[n+](C)c(-c2c(C)c3ccccc3c3c2oc2ncccc23)c1)C1CCCCC1. The molecule has 2 aliphatic rings. The molecule has 15 aromatic heterocycles. The first-order chi connectivity index (χ1) is 75.4. The highest BCUT2D eigenvalue weighted by atomic mass is 16.4. The van der Waals surface area contributed by atoms with Gasteiger partial charge in [-0.3, -0.25) is 0 Å². The van der Waals surface area contributed by atoms with Crippen molar-refractivity contribution in [2.45, 2.75) is 165 Å². The lowest BCUT2D eigenvalue weighted by Crippen LogP contribution is -2.33. The zero-order chi connectivity index (χ0) is 110. The number of aromatic nitrogens is 10. The third kappa shape index (κ3) is 17.2. The molecule has 15 heterocycles. The molecule has 25 aromatic rings. The maximum Gasteiger partial charge on any atom is 0.227 e. The fraction of sp³-hybridized carbons (Fsp3) is 0.248. The van der Waals surface area contributed by atoms with E-state index in [-0.39, 0.29) is 23.2 Å². The summed E-state index contributed by atoms with van der Waals surface area (Å²) < 4.78 is 119. The molecule has 0 atom stereocenters. The molecule has 0 N–H and O–H groups in total. The van der Waals surface area contributed by atoms with Gasteiger partial charge >= 0.3 is 0 Å². The number of nitrogens with zero attached hydrogens (tertiary/aromatic N) is 10. The van der Waals surface area contributed by atoms with Gasteiger partial charge in [-0.1, -0.05) is 214 Å². The number of pyridine rings is 10. The van der Waals surface area contributed by atoms with Crippen molar-refractivity contribution < 1.29 is 57.3 Å². The van der Waals surface area contributed by atoms with Crippen LogP contribution in [0.4, 0.5) is 0 Å². The molecule has 10 aromatic carbocycles. The van der Waals surface area contributed by atoms with E-state index in [1.165, 1.54) is 39.1 Å². The van der Waals surface area contributed by atoms with E-state index in [2.05, 4.69) is 241 Å². The van der Waals surface area contributed by atoms with Gasteiger partial charge in [0.25, 0.3) is 0 Å². The highest BCUT2D eigenvalue weighted by Gasteiger charge is 2.34. The molecule has 734 valence electrons. The van der Waals surface area contributed by atoms with Crippen LogP contribution in [0.15, 0.2) is 321 Å². The average Bonchev–Trinajstić information content (AvgIpc) is 1.60. The third-order valence-electron chi connectivity index (χ3n) is 30.7. The monoisotopic (exact) mass is 1950 g/mol. The van der Waals surface area contributed by atoms with Crippen LogP contribution in [0.2, 0.25) is 0 Å². The second kappa shape index (κ2) is 39.1. The minimum atomic E-state index is -2.16. The van der Waals surface area contributed by atoms with E-state index >= 15 is 0 Å². The standard InChI is InChI=1S/C29H29N2O.C28H27N2O.2C26H25N2O.C24H21N2O/c1-19-22-11-6-7-12-23(22)27-24-13-8-15-30-29(24)32-28(27)26(19)25-18-21(14-16-31(25)2)17-20-9-4-3-5-10-20;1-18-21-10-5-6-11-22(21)26-23-12-7-14-29-28(23)31-27(26)25(18)24-17-20(13-15-30(24)2)16-19-8-3-4-9-19;1-16-18-9-6-7-10-19(18)23-20-11-8-14-27-25(20)29-24(23)22(16)21-13-12-17(15-28(21)5)26(2,3)4;1-16(2)14-18-11-13-28(4)22(15-18)23-17(3)19-8-5-6-9-20(19)24-21-10-7-12-27-26(21)29-25(23)24;1-14-12-20(26(4)13-15(14)2)21-16(3)17-8-5-6-9-18(17)22-19-10-7-11-25-24(19)27-23(21)22/h6-8,11-16,18,20H,3-5,9-10,17H2,1-2H3;5-7,10-15,17,19H,3-4,8-9,16H2,1-2H3;6-15H,1-5H3;5-13,15-16H,14H2,1-4H3;5-13H,1-4H3/q5*+1/i17D2;16D2;;14D2;2D3. The summed E-state index contributed by atoms with van der Waals surface area (Å²) in [4.78, 5) is 22.4. The number of rotatable bonds is 11. The molecule has 0 saturated heterocycles. The molecule has 0 aliphatic heterocycles. The Kier molecular flexibility index (Phi) is 22.5. The van der Waals surface area contributed by atoms with Crippen LogP contribution in [0.1, 0.15) is 166 Å². The molecule has 148 heavy (non-hydrogen) atoms. The van der Waals surface area contributed by atoms with E-state index < -0.39 is 26.0 Å². The maximum atomic E-state index is 9.05. The van der Waals surface area contributed by atoms with Crippen molar-refractivity contribution >= 4 is 164 Å². The van der Waals surface area contributed by atoms with E-state index in [4.69, 9.17) is 34.4 Å². The molecule has 2 saturated carbocycles. The molecule has 0 bridgehead atoms. The van der Waals surface area contributed by atoms with Gasteiger partial charge in [0.15, 0.2) is 58.9 Å². The fourth-order valence-corrected chi connectivity index (χ4v) is 23.2. The first kappa shape index (κ1) is 85.3. The van der Waals surface area contributed by atoms with Gasteiger partial charge in [0, 0.05) is 157 Å². The summed E-state index contributed by atoms with van der Waals surface area (Å²) in [6.07, 6.45) is 24.0. The topological polar surface area (TPSA) is 150 Å². The van der Waals surface area contributed by atoms with E-state index in [0.29, 0.717) is 39.7 Å². The van der Waals surface area contributed by atoms with E-state index in [0.717, 1.165) is 261 Å². The minimum Gasteiger partial charge on any atom is -0.437 e. The van der Waals surface area contributed by atoms with Crippen molar-refractivity contribution in [3.63, 3.8) is 0 Å². The number of aryl methyl sites for hydroxylation is 12. The van der Waals surface area contributed by atoms with Gasteiger partial charge in [-0.15, -0.1) is 0 Å². The molecular weight excluding hydrogens is 1820 g/mol. The Bertz CT molecular complexity index is 10100. The second-order valence-electron chi connectivity index (χ2n) is 41.7. The minimum absolute atomic E-state index is 0.0647. The predicted octanol–water partition coefficient (Wildman–Crippen LogP) is 31.6. The summed E-state index contributed by atoms with van der Waals surface area (Å²) >= 11 is 0. The summed E-state index contributed by atoms with van der Waals surface area (Å²) in [6.45, 7) is 20.9. The number of benzene rings is 10. The number of furan rings is 5. The Morgan fingerprint density at radius 1 is 0.304 bits per heavy atom.